The number of rotatable bonds is 8. The lowest BCUT2D eigenvalue weighted by molar-refractivity contribution is 0.130. The zero-order valence-corrected chi connectivity index (χ0v) is 19.9. The monoisotopic (exact) mass is 506 g/mol. The molecule has 10 heteroatoms. The van der Waals surface area contributed by atoms with E-state index in [0.29, 0.717) is 53.3 Å². The molecule has 0 saturated carbocycles. The van der Waals surface area contributed by atoms with Gasteiger partial charge in [-0.1, -0.05) is 23.2 Å². The molecule has 2 fully saturated rings. The van der Waals surface area contributed by atoms with Gasteiger partial charge in [-0.15, -0.1) is 0 Å². The van der Waals surface area contributed by atoms with Crippen LogP contribution in [-0.4, -0.2) is 46.5 Å². The molecular formula is C24H25Cl2FN4O3. The van der Waals surface area contributed by atoms with Gasteiger partial charge in [0, 0.05) is 36.6 Å². The first kappa shape index (κ1) is 23.4. The molecule has 2 aromatic carbocycles. The Hall–Kier alpha value is -2.39. The second kappa shape index (κ2) is 10.1. The molecule has 3 heterocycles. The van der Waals surface area contributed by atoms with Crippen molar-refractivity contribution in [1.29, 1.82) is 0 Å². The van der Waals surface area contributed by atoms with Crippen molar-refractivity contribution < 1.29 is 19.0 Å². The second-order valence-corrected chi connectivity index (χ2v) is 9.45. The van der Waals surface area contributed by atoms with E-state index in [4.69, 9.17) is 37.8 Å². The summed E-state index contributed by atoms with van der Waals surface area (Å²) in [6, 6.07) is 7.58. The second-order valence-electron chi connectivity index (χ2n) is 8.66. The number of fused-ring (bicyclic) bond motifs is 3. The lowest BCUT2D eigenvalue weighted by Gasteiger charge is -2.30. The minimum Gasteiger partial charge on any atom is -0.490 e. The average Bonchev–Trinajstić information content (AvgIpc) is 3.18. The largest absolute Gasteiger partial charge is 0.490 e. The average molecular weight is 507 g/mol. The highest BCUT2D eigenvalue weighted by Gasteiger charge is 2.35. The van der Waals surface area contributed by atoms with E-state index in [1.165, 1.54) is 31.3 Å². The quantitative estimate of drug-likeness (QED) is 0.284. The number of nitrogens with zero attached hydrogens (tertiary/aromatic N) is 2. The smallest absolute Gasteiger partial charge is 0.166 e. The summed E-state index contributed by atoms with van der Waals surface area (Å²) in [5, 5.41) is 16.4. The van der Waals surface area contributed by atoms with Crippen LogP contribution in [0.4, 0.5) is 15.9 Å². The Labute approximate surface area is 206 Å². The van der Waals surface area contributed by atoms with Crippen molar-refractivity contribution in [3.63, 3.8) is 0 Å². The number of anilines is 2. The van der Waals surface area contributed by atoms with Crippen LogP contribution < -0.4 is 20.1 Å². The van der Waals surface area contributed by atoms with Crippen LogP contribution in [0.15, 0.2) is 30.6 Å². The van der Waals surface area contributed by atoms with E-state index in [-0.39, 0.29) is 28.4 Å². The first-order chi connectivity index (χ1) is 16.5. The Morgan fingerprint density at radius 1 is 1.12 bits per heavy atom. The van der Waals surface area contributed by atoms with Crippen molar-refractivity contribution in [3.8, 4) is 11.5 Å². The van der Waals surface area contributed by atoms with Gasteiger partial charge in [0.15, 0.2) is 17.3 Å². The van der Waals surface area contributed by atoms with Gasteiger partial charge in [-0.2, -0.15) is 0 Å². The maximum Gasteiger partial charge on any atom is 0.166 e. The highest BCUT2D eigenvalue weighted by molar-refractivity contribution is 6.42. The van der Waals surface area contributed by atoms with Crippen LogP contribution >= 0.6 is 23.2 Å². The number of aliphatic hydroxyl groups is 1. The molecule has 2 bridgehead atoms. The van der Waals surface area contributed by atoms with Crippen molar-refractivity contribution in [3.05, 3.63) is 46.5 Å². The third-order valence-corrected chi connectivity index (χ3v) is 7.05. The Morgan fingerprint density at radius 3 is 2.68 bits per heavy atom. The Kier molecular flexibility index (Phi) is 6.92. The van der Waals surface area contributed by atoms with Crippen molar-refractivity contribution in [2.45, 2.75) is 50.3 Å². The number of hydrogen-bond donors (Lipinski definition) is 3. The fraction of sp³-hybridized carbons (Fsp3) is 0.417. The minimum atomic E-state index is -0.661. The first-order valence-electron chi connectivity index (χ1n) is 11.4. The molecule has 5 rings (SSSR count). The van der Waals surface area contributed by atoms with E-state index in [1.54, 1.807) is 6.07 Å². The van der Waals surface area contributed by atoms with Gasteiger partial charge in [-0.3, -0.25) is 0 Å². The third-order valence-electron chi connectivity index (χ3n) is 6.27. The van der Waals surface area contributed by atoms with Gasteiger partial charge in [0.1, 0.15) is 18.2 Å². The summed E-state index contributed by atoms with van der Waals surface area (Å²) in [7, 11) is 0. The molecule has 0 spiro atoms. The van der Waals surface area contributed by atoms with Gasteiger partial charge in [0.05, 0.1) is 27.9 Å². The van der Waals surface area contributed by atoms with Crippen LogP contribution in [-0.2, 0) is 0 Å². The number of aliphatic hydroxyl groups excluding tert-OH is 1. The van der Waals surface area contributed by atoms with Crippen LogP contribution in [0.5, 0.6) is 11.5 Å². The predicted molar refractivity (Wildman–Crippen MR) is 130 cm³/mol. The lowest BCUT2D eigenvalue weighted by atomic mass is 10.0. The van der Waals surface area contributed by atoms with Crippen LogP contribution in [0.3, 0.4) is 0 Å². The van der Waals surface area contributed by atoms with E-state index in [2.05, 4.69) is 20.6 Å². The molecule has 1 aromatic heterocycles. The molecule has 0 aliphatic carbocycles. The first-order valence-corrected chi connectivity index (χ1v) is 12.1. The molecule has 0 radical (unpaired) electrons. The number of benzene rings is 2. The van der Waals surface area contributed by atoms with Crippen molar-refractivity contribution in [2.24, 2.45) is 0 Å². The fourth-order valence-electron chi connectivity index (χ4n) is 4.65. The normalized spacial score (nSPS) is 21.6. The molecule has 34 heavy (non-hydrogen) atoms. The highest BCUT2D eigenvalue weighted by atomic mass is 35.5. The summed E-state index contributed by atoms with van der Waals surface area (Å²) in [5.74, 6) is 0.868. The third kappa shape index (κ3) is 4.86. The van der Waals surface area contributed by atoms with Gasteiger partial charge >= 0.3 is 0 Å². The van der Waals surface area contributed by atoms with Gasteiger partial charge in [-0.25, -0.2) is 14.4 Å². The zero-order chi connectivity index (χ0) is 23.7. The van der Waals surface area contributed by atoms with Crippen LogP contribution in [0, 0.1) is 5.82 Å². The minimum absolute atomic E-state index is 0.0346. The molecular weight excluding hydrogens is 482 g/mol. The molecule has 7 nitrogen and oxygen atoms in total. The highest BCUT2D eigenvalue weighted by Crippen LogP contribution is 2.39. The van der Waals surface area contributed by atoms with Crippen LogP contribution in [0.25, 0.3) is 10.9 Å². The molecule has 1 unspecified atom stereocenters. The molecule has 180 valence electrons. The number of piperidine rings is 1. The van der Waals surface area contributed by atoms with Gasteiger partial charge in [0.2, 0.25) is 0 Å². The summed E-state index contributed by atoms with van der Waals surface area (Å²) >= 11 is 11.9. The maximum atomic E-state index is 14.7. The standard InChI is InChI=1S/C24H25Cl2FN4O3/c25-17-4-5-18(23(27)22(17)26)31-24-16-10-21(34-15-8-13-2-3-14(9-15)30-13)20(33-7-1-6-32)11-19(16)28-12-29-24/h4-5,10-15,30,32H,1-3,6-9H2,(H,28,29,31)/t13-,14+,15?. The Morgan fingerprint density at radius 2 is 1.91 bits per heavy atom. The fourth-order valence-corrected chi connectivity index (χ4v) is 4.96. The summed E-state index contributed by atoms with van der Waals surface area (Å²) in [4.78, 5) is 8.68. The summed E-state index contributed by atoms with van der Waals surface area (Å²) < 4.78 is 27.0. The van der Waals surface area contributed by atoms with Crippen molar-refractivity contribution in [1.82, 2.24) is 15.3 Å². The number of hydrogen-bond acceptors (Lipinski definition) is 7. The number of ether oxygens (including phenoxy) is 2. The van der Waals surface area contributed by atoms with E-state index < -0.39 is 5.82 Å². The van der Waals surface area contributed by atoms with E-state index >= 15 is 0 Å². The Bertz CT molecular complexity index is 1190. The number of halogens is 3. The van der Waals surface area contributed by atoms with Crippen LogP contribution in [0.2, 0.25) is 10.0 Å². The summed E-state index contributed by atoms with van der Waals surface area (Å²) in [6.45, 7) is 0.382. The zero-order valence-electron chi connectivity index (χ0n) is 18.4. The summed E-state index contributed by atoms with van der Waals surface area (Å²) in [6.07, 6.45) is 6.14. The molecule has 2 aliphatic heterocycles. The number of nitrogens with one attached hydrogen (secondary N) is 2. The topological polar surface area (TPSA) is 88.5 Å². The van der Waals surface area contributed by atoms with Gasteiger partial charge in [0.25, 0.3) is 0 Å². The van der Waals surface area contributed by atoms with Crippen LogP contribution in [0.1, 0.15) is 32.1 Å². The van der Waals surface area contributed by atoms with E-state index in [1.807, 2.05) is 6.07 Å². The molecule has 2 saturated heterocycles. The van der Waals surface area contributed by atoms with Gasteiger partial charge < -0.3 is 25.2 Å². The maximum absolute atomic E-state index is 14.7. The molecule has 3 aromatic rings. The number of aromatic nitrogens is 2. The molecule has 0 amide bonds. The Balaban J connectivity index is 1.49. The molecule has 3 atom stereocenters. The van der Waals surface area contributed by atoms with E-state index in [0.717, 1.165) is 12.8 Å². The molecule has 3 N–H and O–H groups in total. The predicted octanol–water partition coefficient (Wildman–Crippen LogP) is 5.24. The van der Waals surface area contributed by atoms with E-state index in [9.17, 15) is 4.39 Å². The van der Waals surface area contributed by atoms with Crippen molar-refractivity contribution in [2.75, 3.05) is 18.5 Å². The lowest BCUT2D eigenvalue weighted by Crippen LogP contribution is -2.42. The SMILES string of the molecule is OCCCOc1cc2ncnc(Nc3ccc(Cl)c(Cl)c3F)c2cc1OC1C[C@H]2CC[C@@H](C1)N2. The van der Waals surface area contributed by atoms with Gasteiger partial charge in [-0.05, 0) is 43.9 Å². The van der Waals surface area contributed by atoms with Crippen molar-refractivity contribution >= 4 is 45.6 Å². The summed E-state index contributed by atoms with van der Waals surface area (Å²) in [5.41, 5.74) is 0.754. The molecule has 2 aliphatic rings.